The van der Waals surface area contributed by atoms with E-state index in [1.807, 2.05) is 39.0 Å². The summed E-state index contributed by atoms with van der Waals surface area (Å²) in [5.74, 6) is -0.381. The number of sulfonamides is 1. The summed E-state index contributed by atoms with van der Waals surface area (Å²) in [5.41, 5.74) is 7.77. The average Bonchev–Trinajstić information content (AvgIpc) is 3.13. The standard InChI is InChI=1S/C21H24N4O4S2/c1-13-4-9-18-19(10-13)30-21(22-18)24-23-20(26)16-5-7-17(8-6-16)31(27,28)25-11-14(2)29-15(3)12-25/h4-10,14-15H,11-12H2,1-3H3,(H,22,24)(H,23,26). The number of amides is 1. The molecule has 8 nitrogen and oxygen atoms in total. The number of hydrogen-bond donors (Lipinski definition) is 2. The van der Waals surface area contributed by atoms with Gasteiger partial charge in [0, 0.05) is 18.7 Å². The van der Waals surface area contributed by atoms with E-state index < -0.39 is 10.0 Å². The largest absolute Gasteiger partial charge is 0.373 e. The second-order valence-electron chi connectivity index (χ2n) is 7.67. The summed E-state index contributed by atoms with van der Waals surface area (Å²) in [6.07, 6.45) is -0.331. The van der Waals surface area contributed by atoms with Crippen LogP contribution in [0, 0.1) is 6.92 Å². The van der Waals surface area contributed by atoms with Crippen molar-refractivity contribution < 1.29 is 17.9 Å². The first kappa shape index (κ1) is 21.7. The molecule has 1 fully saturated rings. The lowest BCUT2D eigenvalue weighted by Crippen LogP contribution is -2.48. The van der Waals surface area contributed by atoms with Gasteiger partial charge in [0.15, 0.2) is 0 Å². The lowest BCUT2D eigenvalue weighted by Gasteiger charge is -2.34. The number of anilines is 1. The summed E-state index contributed by atoms with van der Waals surface area (Å²) >= 11 is 1.44. The number of benzene rings is 2. The fourth-order valence-corrected chi connectivity index (χ4v) is 6.03. The molecular weight excluding hydrogens is 436 g/mol. The highest BCUT2D eigenvalue weighted by molar-refractivity contribution is 7.89. The Labute approximate surface area is 185 Å². The molecule has 164 valence electrons. The van der Waals surface area contributed by atoms with Crippen molar-refractivity contribution in [2.75, 3.05) is 18.5 Å². The van der Waals surface area contributed by atoms with Crippen LogP contribution in [0.25, 0.3) is 10.2 Å². The lowest BCUT2D eigenvalue weighted by molar-refractivity contribution is -0.0440. The van der Waals surface area contributed by atoms with Crippen LogP contribution < -0.4 is 10.9 Å². The number of aromatic nitrogens is 1. The van der Waals surface area contributed by atoms with Crippen LogP contribution >= 0.6 is 11.3 Å². The van der Waals surface area contributed by atoms with Crippen LogP contribution in [-0.2, 0) is 14.8 Å². The van der Waals surface area contributed by atoms with Gasteiger partial charge in [-0.25, -0.2) is 13.4 Å². The van der Waals surface area contributed by atoms with E-state index in [-0.39, 0.29) is 23.0 Å². The quantitative estimate of drug-likeness (QED) is 0.568. The van der Waals surface area contributed by atoms with Gasteiger partial charge in [0.1, 0.15) is 0 Å². The SMILES string of the molecule is Cc1ccc2nc(NNC(=O)c3ccc(S(=O)(=O)N4CC(C)OC(C)C4)cc3)sc2c1. The summed E-state index contributed by atoms with van der Waals surface area (Å²) in [4.78, 5) is 17.0. The van der Waals surface area contributed by atoms with Gasteiger partial charge < -0.3 is 4.74 Å². The number of hydrazine groups is 1. The molecule has 3 aromatic rings. The Balaban J connectivity index is 1.42. The van der Waals surface area contributed by atoms with Crippen molar-refractivity contribution >= 4 is 42.6 Å². The highest BCUT2D eigenvalue weighted by Crippen LogP contribution is 2.26. The molecule has 31 heavy (non-hydrogen) atoms. The molecule has 0 spiro atoms. The van der Waals surface area contributed by atoms with E-state index in [2.05, 4.69) is 15.8 Å². The molecule has 4 rings (SSSR count). The third-order valence-corrected chi connectivity index (χ3v) is 7.75. The first-order valence-electron chi connectivity index (χ1n) is 9.91. The van der Waals surface area contributed by atoms with Crippen molar-refractivity contribution in [3.05, 3.63) is 53.6 Å². The molecule has 1 aliphatic rings. The zero-order chi connectivity index (χ0) is 22.2. The Kier molecular flexibility index (Phi) is 5.98. The molecule has 2 heterocycles. The summed E-state index contributed by atoms with van der Waals surface area (Å²) < 4.78 is 33.9. The van der Waals surface area contributed by atoms with Gasteiger partial charge in [0.2, 0.25) is 15.2 Å². The van der Waals surface area contributed by atoms with E-state index in [1.165, 1.54) is 39.9 Å². The van der Waals surface area contributed by atoms with Gasteiger partial charge in [0.25, 0.3) is 5.91 Å². The van der Waals surface area contributed by atoms with Crippen molar-refractivity contribution in [1.82, 2.24) is 14.7 Å². The van der Waals surface area contributed by atoms with Crippen LogP contribution in [0.15, 0.2) is 47.4 Å². The molecule has 0 aliphatic carbocycles. The highest BCUT2D eigenvalue weighted by Gasteiger charge is 2.32. The first-order chi connectivity index (χ1) is 14.7. The molecular formula is C21H24N4O4S2. The van der Waals surface area contributed by atoms with Crippen LogP contribution in [0.3, 0.4) is 0 Å². The lowest BCUT2D eigenvalue weighted by atomic mass is 10.2. The van der Waals surface area contributed by atoms with Crippen molar-refractivity contribution in [1.29, 1.82) is 0 Å². The van der Waals surface area contributed by atoms with Gasteiger partial charge in [-0.3, -0.25) is 15.6 Å². The van der Waals surface area contributed by atoms with Crippen molar-refractivity contribution in [3.8, 4) is 0 Å². The van der Waals surface area contributed by atoms with Gasteiger partial charge in [-0.05, 0) is 62.7 Å². The van der Waals surface area contributed by atoms with Crippen LogP contribution in [-0.4, -0.2) is 48.9 Å². The zero-order valence-corrected chi connectivity index (χ0v) is 19.1. The van der Waals surface area contributed by atoms with Gasteiger partial charge in [-0.1, -0.05) is 17.4 Å². The number of aryl methyl sites for hydroxylation is 1. The fraction of sp³-hybridized carbons (Fsp3) is 0.333. The monoisotopic (exact) mass is 460 g/mol. The molecule has 1 saturated heterocycles. The van der Waals surface area contributed by atoms with E-state index in [1.54, 1.807) is 0 Å². The van der Waals surface area contributed by atoms with E-state index in [9.17, 15) is 13.2 Å². The molecule has 10 heteroatoms. The minimum absolute atomic E-state index is 0.153. The molecule has 0 radical (unpaired) electrons. The minimum atomic E-state index is -3.65. The number of hydrogen-bond acceptors (Lipinski definition) is 7. The van der Waals surface area contributed by atoms with E-state index in [4.69, 9.17) is 4.74 Å². The topological polar surface area (TPSA) is 101 Å². The van der Waals surface area contributed by atoms with E-state index in [0.29, 0.717) is 23.8 Å². The summed E-state index contributed by atoms with van der Waals surface area (Å²) in [6.45, 7) is 6.33. The van der Waals surface area contributed by atoms with Crippen molar-refractivity contribution in [2.24, 2.45) is 0 Å². The van der Waals surface area contributed by atoms with Gasteiger partial charge in [-0.2, -0.15) is 4.31 Å². The molecule has 1 amide bonds. The molecule has 2 aromatic carbocycles. The van der Waals surface area contributed by atoms with Gasteiger partial charge >= 0.3 is 0 Å². The van der Waals surface area contributed by atoms with Crippen molar-refractivity contribution in [3.63, 3.8) is 0 Å². The third kappa shape index (κ3) is 4.72. The highest BCUT2D eigenvalue weighted by atomic mass is 32.2. The van der Waals surface area contributed by atoms with Crippen LogP contribution in [0.2, 0.25) is 0 Å². The van der Waals surface area contributed by atoms with E-state index in [0.717, 1.165) is 15.8 Å². The van der Waals surface area contributed by atoms with Gasteiger partial charge in [-0.15, -0.1) is 0 Å². The van der Waals surface area contributed by atoms with Crippen LogP contribution in [0.4, 0.5) is 5.13 Å². The maximum Gasteiger partial charge on any atom is 0.269 e. The number of nitrogens with zero attached hydrogens (tertiary/aromatic N) is 2. The molecule has 2 N–H and O–H groups in total. The Morgan fingerprint density at radius 3 is 2.48 bits per heavy atom. The number of morpholine rings is 1. The maximum atomic E-state index is 12.9. The smallest absolute Gasteiger partial charge is 0.269 e. The Bertz CT molecular complexity index is 1200. The molecule has 2 unspecified atom stereocenters. The van der Waals surface area contributed by atoms with Gasteiger partial charge in [0.05, 0.1) is 27.3 Å². The second-order valence-corrected chi connectivity index (χ2v) is 10.6. The second kappa shape index (κ2) is 8.54. The summed E-state index contributed by atoms with van der Waals surface area (Å²) in [7, 11) is -3.65. The number of thiazole rings is 1. The maximum absolute atomic E-state index is 12.9. The summed E-state index contributed by atoms with van der Waals surface area (Å²) in [5, 5.41) is 0.573. The van der Waals surface area contributed by atoms with Crippen molar-refractivity contribution in [2.45, 2.75) is 37.9 Å². The van der Waals surface area contributed by atoms with Crippen LogP contribution in [0.1, 0.15) is 29.8 Å². The Morgan fingerprint density at radius 1 is 1.13 bits per heavy atom. The molecule has 1 aliphatic heterocycles. The number of ether oxygens (including phenoxy) is 1. The van der Waals surface area contributed by atoms with Crippen LogP contribution in [0.5, 0.6) is 0 Å². The number of carbonyl (C=O) groups excluding carboxylic acids is 1. The first-order valence-corrected chi connectivity index (χ1v) is 12.2. The molecule has 2 atom stereocenters. The number of fused-ring (bicyclic) bond motifs is 1. The minimum Gasteiger partial charge on any atom is -0.373 e. The zero-order valence-electron chi connectivity index (χ0n) is 17.5. The molecule has 1 aromatic heterocycles. The summed E-state index contributed by atoms with van der Waals surface area (Å²) in [6, 6.07) is 11.9. The number of carbonyl (C=O) groups is 1. The number of rotatable bonds is 5. The Morgan fingerprint density at radius 2 is 1.81 bits per heavy atom. The average molecular weight is 461 g/mol. The predicted molar refractivity (Wildman–Crippen MR) is 121 cm³/mol. The fourth-order valence-electron chi connectivity index (χ4n) is 3.52. The molecule has 0 bridgehead atoms. The molecule has 0 saturated carbocycles. The predicted octanol–water partition coefficient (Wildman–Crippen LogP) is 3.16. The third-order valence-electron chi connectivity index (χ3n) is 4.97. The Hall–Kier alpha value is -2.53. The van der Waals surface area contributed by atoms with E-state index >= 15 is 0 Å². The normalized spacial score (nSPS) is 20.0. The number of nitrogens with one attached hydrogen (secondary N) is 2.